The van der Waals surface area contributed by atoms with Crippen molar-refractivity contribution in [3.05, 3.63) is 34.3 Å². The summed E-state index contributed by atoms with van der Waals surface area (Å²) in [7, 11) is 0. The van der Waals surface area contributed by atoms with Crippen LogP contribution in [0.25, 0.3) is 0 Å². The third-order valence-corrected chi connectivity index (χ3v) is 4.27. The van der Waals surface area contributed by atoms with Crippen molar-refractivity contribution in [1.82, 2.24) is 4.90 Å². The Hall–Kier alpha value is -0.340. The molecule has 1 fully saturated rings. The molecular weight excluding hydrogens is 262 g/mol. The molecule has 1 aliphatic heterocycles. The van der Waals surface area contributed by atoms with E-state index in [4.69, 9.17) is 0 Å². The minimum Gasteiger partial charge on any atom is -0.299 e. The van der Waals surface area contributed by atoms with Crippen molar-refractivity contribution in [1.29, 1.82) is 0 Å². The number of rotatable bonds is 2. The summed E-state index contributed by atoms with van der Waals surface area (Å²) in [5, 5.41) is 0. The van der Waals surface area contributed by atoms with Gasteiger partial charge in [-0.1, -0.05) is 41.9 Å². The molecule has 0 saturated carbocycles. The van der Waals surface area contributed by atoms with Crippen LogP contribution in [0.15, 0.2) is 28.7 Å². The SMILES string of the molecule is CC1CCN(Cc2ccc(Br)cc2)CC1C. The molecule has 16 heavy (non-hydrogen) atoms. The molecule has 2 rings (SSSR count). The molecule has 1 aromatic carbocycles. The summed E-state index contributed by atoms with van der Waals surface area (Å²) in [4.78, 5) is 2.58. The topological polar surface area (TPSA) is 3.24 Å². The monoisotopic (exact) mass is 281 g/mol. The second-order valence-electron chi connectivity index (χ2n) is 5.10. The van der Waals surface area contributed by atoms with Gasteiger partial charge in [-0.05, 0) is 42.5 Å². The molecule has 2 unspecified atom stereocenters. The fourth-order valence-electron chi connectivity index (χ4n) is 2.34. The lowest BCUT2D eigenvalue weighted by Crippen LogP contribution is -2.37. The molecule has 88 valence electrons. The Labute approximate surface area is 107 Å². The predicted molar refractivity (Wildman–Crippen MR) is 72.4 cm³/mol. The fourth-order valence-corrected chi connectivity index (χ4v) is 2.61. The summed E-state index contributed by atoms with van der Waals surface area (Å²) >= 11 is 3.47. The Balaban J connectivity index is 1.93. The average Bonchev–Trinajstić information content (AvgIpc) is 2.27. The van der Waals surface area contributed by atoms with E-state index in [1.165, 1.54) is 25.1 Å². The van der Waals surface area contributed by atoms with Crippen LogP contribution in [0, 0.1) is 11.8 Å². The van der Waals surface area contributed by atoms with Crippen LogP contribution in [-0.2, 0) is 6.54 Å². The molecular formula is C14H20BrN. The van der Waals surface area contributed by atoms with Crippen LogP contribution in [0.1, 0.15) is 25.8 Å². The van der Waals surface area contributed by atoms with Gasteiger partial charge in [-0.2, -0.15) is 0 Å². The molecule has 0 spiro atoms. The zero-order valence-corrected chi connectivity index (χ0v) is 11.7. The molecule has 1 heterocycles. The Morgan fingerprint density at radius 3 is 2.50 bits per heavy atom. The third-order valence-electron chi connectivity index (χ3n) is 3.74. The lowest BCUT2D eigenvalue weighted by Gasteiger charge is -2.35. The molecule has 2 heteroatoms. The molecule has 0 aliphatic carbocycles. The summed E-state index contributed by atoms with van der Waals surface area (Å²) in [5.74, 6) is 1.73. The van der Waals surface area contributed by atoms with Gasteiger partial charge in [-0.25, -0.2) is 0 Å². The Kier molecular flexibility index (Phi) is 4.04. The highest BCUT2D eigenvalue weighted by molar-refractivity contribution is 9.10. The summed E-state index contributed by atoms with van der Waals surface area (Å²) in [6.45, 7) is 8.35. The molecule has 1 saturated heterocycles. The van der Waals surface area contributed by atoms with Crippen molar-refractivity contribution in [3.8, 4) is 0 Å². The summed E-state index contributed by atoms with van der Waals surface area (Å²) in [6.07, 6.45) is 1.34. The number of piperidine rings is 1. The van der Waals surface area contributed by atoms with Crippen LogP contribution < -0.4 is 0 Å². The first kappa shape index (κ1) is 12.1. The van der Waals surface area contributed by atoms with Gasteiger partial charge in [-0.15, -0.1) is 0 Å². The number of nitrogens with zero attached hydrogens (tertiary/aromatic N) is 1. The molecule has 2 atom stereocenters. The minimum absolute atomic E-state index is 0.837. The number of likely N-dealkylation sites (tertiary alicyclic amines) is 1. The van der Waals surface area contributed by atoms with Crippen molar-refractivity contribution in [2.45, 2.75) is 26.8 Å². The number of hydrogen-bond acceptors (Lipinski definition) is 1. The van der Waals surface area contributed by atoms with Gasteiger partial charge in [0.25, 0.3) is 0 Å². The number of hydrogen-bond donors (Lipinski definition) is 0. The van der Waals surface area contributed by atoms with E-state index in [0.29, 0.717) is 0 Å². The average molecular weight is 282 g/mol. The van der Waals surface area contributed by atoms with E-state index in [9.17, 15) is 0 Å². The van der Waals surface area contributed by atoms with Gasteiger partial charge in [0.05, 0.1) is 0 Å². The maximum atomic E-state index is 3.47. The first-order valence-corrected chi connectivity index (χ1v) is 6.91. The largest absolute Gasteiger partial charge is 0.299 e. The maximum Gasteiger partial charge on any atom is 0.0233 e. The standard InChI is InChI=1S/C14H20BrN/c1-11-7-8-16(9-12(11)2)10-13-3-5-14(15)6-4-13/h3-6,11-12H,7-10H2,1-2H3. The lowest BCUT2D eigenvalue weighted by molar-refractivity contribution is 0.132. The van der Waals surface area contributed by atoms with Crippen LogP contribution in [0.3, 0.4) is 0 Å². The quantitative estimate of drug-likeness (QED) is 0.794. The summed E-state index contributed by atoms with van der Waals surface area (Å²) in [5.41, 5.74) is 1.42. The Morgan fingerprint density at radius 1 is 1.19 bits per heavy atom. The van der Waals surface area contributed by atoms with Crippen LogP contribution in [0.4, 0.5) is 0 Å². The normalized spacial score (nSPS) is 26.9. The van der Waals surface area contributed by atoms with Crippen LogP contribution in [0.2, 0.25) is 0 Å². The number of halogens is 1. The van der Waals surface area contributed by atoms with Gasteiger partial charge >= 0.3 is 0 Å². The van der Waals surface area contributed by atoms with Crippen LogP contribution >= 0.6 is 15.9 Å². The highest BCUT2D eigenvalue weighted by Crippen LogP contribution is 2.23. The highest BCUT2D eigenvalue weighted by atomic mass is 79.9. The zero-order valence-electron chi connectivity index (χ0n) is 10.1. The van der Waals surface area contributed by atoms with Gasteiger partial charge in [0.15, 0.2) is 0 Å². The molecule has 0 amide bonds. The van der Waals surface area contributed by atoms with E-state index in [1.54, 1.807) is 0 Å². The van der Waals surface area contributed by atoms with Gasteiger partial charge < -0.3 is 0 Å². The molecule has 0 bridgehead atoms. The van der Waals surface area contributed by atoms with E-state index in [2.05, 4.69) is 58.9 Å². The van der Waals surface area contributed by atoms with Crippen molar-refractivity contribution in [2.75, 3.05) is 13.1 Å². The van der Waals surface area contributed by atoms with Crippen LogP contribution in [0.5, 0.6) is 0 Å². The van der Waals surface area contributed by atoms with Gasteiger partial charge in [0.1, 0.15) is 0 Å². The van der Waals surface area contributed by atoms with E-state index >= 15 is 0 Å². The van der Waals surface area contributed by atoms with Crippen molar-refractivity contribution < 1.29 is 0 Å². The molecule has 1 aromatic rings. The minimum atomic E-state index is 0.837. The van der Waals surface area contributed by atoms with E-state index in [-0.39, 0.29) is 0 Å². The Bertz CT molecular complexity index is 333. The van der Waals surface area contributed by atoms with E-state index < -0.39 is 0 Å². The lowest BCUT2D eigenvalue weighted by atomic mass is 9.88. The smallest absolute Gasteiger partial charge is 0.0233 e. The highest BCUT2D eigenvalue weighted by Gasteiger charge is 2.22. The second kappa shape index (κ2) is 5.33. The molecule has 0 radical (unpaired) electrons. The molecule has 1 nitrogen and oxygen atoms in total. The van der Waals surface area contributed by atoms with Gasteiger partial charge in [0.2, 0.25) is 0 Å². The first-order chi connectivity index (χ1) is 7.65. The van der Waals surface area contributed by atoms with E-state index in [1.807, 2.05) is 0 Å². The maximum absolute atomic E-state index is 3.47. The van der Waals surface area contributed by atoms with Gasteiger partial charge in [-0.3, -0.25) is 4.90 Å². The molecule has 0 aromatic heterocycles. The Morgan fingerprint density at radius 2 is 1.88 bits per heavy atom. The van der Waals surface area contributed by atoms with Crippen molar-refractivity contribution >= 4 is 15.9 Å². The predicted octanol–water partition coefficient (Wildman–Crippen LogP) is 3.93. The third kappa shape index (κ3) is 3.08. The van der Waals surface area contributed by atoms with Crippen molar-refractivity contribution in [2.24, 2.45) is 11.8 Å². The number of benzene rings is 1. The van der Waals surface area contributed by atoms with Crippen molar-refractivity contribution in [3.63, 3.8) is 0 Å². The van der Waals surface area contributed by atoms with Crippen LogP contribution in [-0.4, -0.2) is 18.0 Å². The molecule has 0 N–H and O–H groups in total. The summed E-state index contributed by atoms with van der Waals surface area (Å²) in [6, 6.07) is 8.69. The first-order valence-electron chi connectivity index (χ1n) is 6.12. The zero-order chi connectivity index (χ0) is 11.5. The second-order valence-corrected chi connectivity index (χ2v) is 6.02. The van der Waals surface area contributed by atoms with Gasteiger partial charge in [0, 0.05) is 17.6 Å². The molecule has 1 aliphatic rings. The van der Waals surface area contributed by atoms with E-state index in [0.717, 1.165) is 22.9 Å². The summed E-state index contributed by atoms with van der Waals surface area (Å²) < 4.78 is 1.16. The fraction of sp³-hybridized carbons (Fsp3) is 0.571.